The summed E-state index contributed by atoms with van der Waals surface area (Å²) in [7, 11) is 0. The first-order chi connectivity index (χ1) is 13.5. The van der Waals surface area contributed by atoms with Gasteiger partial charge in [-0.05, 0) is 62.1 Å². The third kappa shape index (κ3) is 5.24. The molecular weight excluding hydrogens is 357 g/mol. The summed E-state index contributed by atoms with van der Waals surface area (Å²) in [5.74, 6) is 0.257. The van der Waals surface area contributed by atoms with E-state index in [2.05, 4.69) is 17.6 Å². The SMILES string of the molecule is CCCCNC(=O)N1C[C@@H](C(=O)NCC2CC2)CC[C@H]1c1ccc(F)c(C)c1. The Balaban J connectivity index is 1.71. The van der Waals surface area contributed by atoms with Gasteiger partial charge in [-0.3, -0.25) is 4.79 Å². The molecule has 3 rings (SSSR count). The molecule has 5 nitrogen and oxygen atoms in total. The highest BCUT2D eigenvalue weighted by Crippen LogP contribution is 2.34. The van der Waals surface area contributed by atoms with Crippen LogP contribution in [0.3, 0.4) is 0 Å². The van der Waals surface area contributed by atoms with Gasteiger partial charge in [0.05, 0.1) is 12.0 Å². The number of benzene rings is 1. The van der Waals surface area contributed by atoms with Crippen molar-refractivity contribution in [3.05, 3.63) is 35.1 Å². The molecule has 1 aromatic carbocycles. The van der Waals surface area contributed by atoms with Crippen LogP contribution in [0.15, 0.2) is 18.2 Å². The first kappa shape index (κ1) is 20.6. The third-order valence-corrected chi connectivity index (χ3v) is 5.85. The van der Waals surface area contributed by atoms with Gasteiger partial charge in [0.15, 0.2) is 0 Å². The lowest BCUT2D eigenvalue weighted by molar-refractivity contribution is -0.126. The number of hydrogen-bond donors (Lipinski definition) is 2. The van der Waals surface area contributed by atoms with E-state index >= 15 is 0 Å². The van der Waals surface area contributed by atoms with E-state index in [9.17, 15) is 14.0 Å². The number of nitrogens with one attached hydrogen (secondary N) is 2. The second kappa shape index (κ2) is 9.39. The van der Waals surface area contributed by atoms with Gasteiger partial charge in [-0.1, -0.05) is 25.5 Å². The van der Waals surface area contributed by atoms with Gasteiger partial charge in [0, 0.05) is 19.6 Å². The molecule has 2 fully saturated rings. The number of likely N-dealkylation sites (tertiary alicyclic amines) is 1. The van der Waals surface area contributed by atoms with Gasteiger partial charge in [-0.2, -0.15) is 0 Å². The lowest BCUT2D eigenvalue weighted by atomic mass is 9.88. The maximum atomic E-state index is 13.7. The molecule has 6 heteroatoms. The summed E-state index contributed by atoms with van der Waals surface area (Å²) in [5.41, 5.74) is 1.51. The Kier molecular flexibility index (Phi) is 6.92. The van der Waals surface area contributed by atoms with Crippen LogP contribution in [-0.2, 0) is 4.79 Å². The van der Waals surface area contributed by atoms with Crippen LogP contribution in [0.5, 0.6) is 0 Å². The van der Waals surface area contributed by atoms with Gasteiger partial charge in [-0.25, -0.2) is 9.18 Å². The van der Waals surface area contributed by atoms with E-state index < -0.39 is 0 Å². The standard InChI is InChI=1S/C22H32FN3O2/c1-3-4-11-24-22(28)26-14-18(21(27)25-13-16-5-6-16)8-10-20(26)17-7-9-19(23)15(2)12-17/h7,9,12,16,18,20H,3-6,8,10-11,13-14H2,1-2H3,(H,24,28)(H,25,27)/t18-,20-/m0/s1. The van der Waals surface area contributed by atoms with Crippen molar-refractivity contribution in [2.75, 3.05) is 19.6 Å². The second-order valence-electron chi connectivity index (χ2n) is 8.23. The molecule has 1 aliphatic heterocycles. The number of piperidine rings is 1. The molecule has 0 bridgehead atoms. The lowest BCUT2D eigenvalue weighted by Gasteiger charge is -2.39. The van der Waals surface area contributed by atoms with Gasteiger partial charge in [-0.15, -0.1) is 0 Å². The summed E-state index contributed by atoms with van der Waals surface area (Å²) >= 11 is 0. The van der Waals surface area contributed by atoms with Crippen molar-refractivity contribution in [3.8, 4) is 0 Å². The third-order valence-electron chi connectivity index (χ3n) is 5.85. The Morgan fingerprint density at radius 1 is 1.18 bits per heavy atom. The number of hydrogen-bond acceptors (Lipinski definition) is 2. The molecule has 1 heterocycles. The highest BCUT2D eigenvalue weighted by atomic mass is 19.1. The summed E-state index contributed by atoms with van der Waals surface area (Å²) in [6, 6.07) is 4.77. The van der Waals surface area contributed by atoms with Crippen LogP contribution >= 0.6 is 0 Å². The predicted octanol–water partition coefficient (Wildman–Crippen LogP) is 3.92. The molecule has 1 saturated carbocycles. The smallest absolute Gasteiger partial charge is 0.317 e. The monoisotopic (exact) mass is 389 g/mol. The average Bonchev–Trinajstić information content (AvgIpc) is 3.52. The van der Waals surface area contributed by atoms with E-state index in [1.54, 1.807) is 17.9 Å². The fourth-order valence-corrected chi connectivity index (χ4v) is 3.82. The van der Waals surface area contributed by atoms with Crippen LogP contribution in [0.2, 0.25) is 0 Å². The summed E-state index contributed by atoms with van der Waals surface area (Å²) in [4.78, 5) is 27.2. The topological polar surface area (TPSA) is 61.4 Å². The van der Waals surface area contributed by atoms with E-state index in [4.69, 9.17) is 0 Å². The van der Waals surface area contributed by atoms with Crippen LogP contribution in [0, 0.1) is 24.6 Å². The van der Waals surface area contributed by atoms with Crippen molar-refractivity contribution in [2.45, 2.75) is 58.4 Å². The Hall–Kier alpha value is -2.11. The van der Waals surface area contributed by atoms with Crippen molar-refractivity contribution >= 4 is 11.9 Å². The lowest BCUT2D eigenvalue weighted by Crippen LogP contribution is -2.50. The molecule has 1 saturated heterocycles. The number of unbranched alkanes of at least 4 members (excludes halogenated alkanes) is 1. The molecule has 0 spiro atoms. The molecule has 2 aliphatic rings. The van der Waals surface area contributed by atoms with Crippen LogP contribution < -0.4 is 10.6 Å². The largest absolute Gasteiger partial charge is 0.356 e. The first-order valence-corrected chi connectivity index (χ1v) is 10.6. The van der Waals surface area contributed by atoms with Crippen LogP contribution in [0.25, 0.3) is 0 Å². The average molecular weight is 390 g/mol. The Morgan fingerprint density at radius 2 is 1.96 bits per heavy atom. The molecule has 0 aromatic heterocycles. The molecule has 28 heavy (non-hydrogen) atoms. The zero-order chi connectivity index (χ0) is 20.1. The van der Waals surface area contributed by atoms with Crippen molar-refractivity contribution in [1.29, 1.82) is 0 Å². The van der Waals surface area contributed by atoms with Gasteiger partial charge < -0.3 is 15.5 Å². The van der Waals surface area contributed by atoms with Crippen molar-refractivity contribution in [2.24, 2.45) is 11.8 Å². The summed E-state index contributed by atoms with van der Waals surface area (Å²) in [5, 5.41) is 6.03. The van der Waals surface area contributed by atoms with Crippen LogP contribution in [0.1, 0.15) is 62.6 Å². The van der Waals surface area contributed by atoms with Gasteiger partial charge in [0.1, 0.15) is 5.82 Å². The number of aryl methyl sites for hydroxylation is 1. The molecular formula is C22H32FN3O2. The maximum absolute atomic E-state index is 13.7. The van der Waals surface area contributed by atoms with Gasteiger partial charge in [0.2, 0.25) is 5.91 Å². The Morgan fingerprint density at radius 3 is 2.64 bits per heavy atom. The molecule has 0 unspecified atom stereocenters. The zero-order valence-corrected chi connectivity index (χ0v) is 17.0. The molecule has 1 aliphatic carbocycles. The number of urea groups is 1. The predicted molar refractivity (Wildman–Crippen MR) is 107 cm³/mol. The highest BCUT2D eigenvalue weighted by molar-refractivity contribution is 5.81. The number of nitrogens with zero attached hydrogens (tertiary/aromatic N) is 1. The fourth-order valence-electron chi connectivity index (χ4n) is 3.82. The minimum absolute atomic E-state index is 0.0481. The number of halogens is 1. The highest BCUT2D eigenvalue weighted by Gasteiger charge is 2.36. The minimum Gasteiger partial charge on any atom is -0.356 e. The molecule has 2 atom stereocenters. The number of amides is 3. The van der Waals surface area contributed by atoms with Gasteiger partial charge >= 0.3 is 6.03 Å². The van der Waals surface area contributed by atoms with E-state index in [0.29, 0.717) is 31.0 Å². The molecule has 0 radical (unpaired) electrons. The van der Waals surface area contributed by atoms with E-state index in [1.165, 1.54) is 18.9 Å². The second-order valence-corrected chi connectivity index (χ2v) is 8.23. The summed E-state index contributed by atoms with van der Waals surface area (Å²) in [6.07, 6.45) is 5.76. The molecule has 1 aromatic rings. The van der Waals surface area contributed by atoms with E-state index in [1.807, 2.05) is 6.07 Å². The van der Waals surface area contributed by atoms with E-state index in [0.717, 1.165) is 31.4 Å². The van der Waals surface area contributed by atoms with Crippen LogP contribution in [-0.4, -0.2) is 36.5 Å². The molecule has 154 valence electrons. The van der Waals surface area contributed by atoms with Crippen molar-refractivity contribution in [3.63, 3.8) is 0 Å². The maximum Gasteiger partial charge on any atom is 0.317 e. The Labute approximate surface area is 167 Å². The zero-order valence-electron chi connectivity index (χ0n) is 17.0. The number of rotatable bonds is 7. The number of carbonyl (C=O) groups is 2. The summed E-state index contributed by atoms with van der Waals surface area (Å²) < 4.78 is 13.7. The van der Waals surface area contributed by atoms with Crippen LogP contribution in [0.4, 0.5) is 9.18 Å². The van der Waals surface area contributed by atoms with E-state index in [-0.39, 0.29) is 29.7 Å². The minimum atomic E-state index is -0.240. The fraction of sp³-hybridized carbons (Fsp3) is 0.636. The Bertz CT molecular complexity index is 705. The molecule has 2 N–H and O–H groups in total. The van der Waals surface area contributed by atoms with Crippen molar-refractivity contribution in [1.82, 2.24) is 15.5 Å². The number of carbonyl (C=O) groups excluding carboxylic acids is 2. The summed E-state index contributed by atoms with van der Waals surface area (Å²) in [6.45, 7) is 5.59. The van der Waals surface area contributed by atoms with Gasteiger partial charge in [0.25, 0.3) is 0 Å². The first-order valence-electron chi connectivity index (χ1n) is 10.6. The molecule has 3 amide bonds. The van der Waals surface area contributed by atoms with Crippen molar-refractivity contribution < 1.29 is 14.0 Å². The normalized spacial score (nSPS) is 22.0. The quantitative estimate of drug-likeness (QED) is 0.694.